The van der Waals surface area contributed by atoms with Crippen molar-refractivity contribution in [1.82, 2.24) is 4.98 Å². The van der Waals surface area contributed by atoms with Gasteiger partial charge in [-0.1, -0.05) is 23.7 Å². The summed E-state index contributed by atoms with van der Waals surface area (Å²) in [6, 6.07) is 13.2. The number of para-hydroxylation sites is 1. The van der Waals surface area contributed by atoms with Gasteiger partial charge in [-0.05, 0) is 36.4 Å². The third-order valence-electron chi connectivity index (χ3n) is 3.33. The molecule has 0 saturated heterocycles. The van der Waals surface area contributed by atoms with Gasteiger partial charge in [-0.3, -0.25) is 0 Å². The minimum atomic E-state index is -1.01. The average molecular weight is 316 g/mol. The van der Waals surface area contributed by atoms with Gasteiger partial charge < -0.3 is 9.84 Å². The van der Waals surface area contributed by atoms with Crippen LogP contribution in [-0.4, -0.2) is 16.4 Å². The number of nitrogens with zero attached hydrogens (tertiary/aromatic N) is 1. The fourth-order valence-electron chi connectivity index (χ4n) is 2.33. The van der Waals surface area contributed by atoms with Crippen LogP contribution in [0.5, 0.6) is 5.75 Å². The highest BCUT2D eigenvalue weighted by atomic mass is 35.5. The van der Waals surface area contributed by atoms with Gasteiger partial charge in [0.05, 0.1) is 15.8 Å². The van der Waals surface area contributed by atoms with E-state index in [1.807, 2.05) is 36.4 Å². The van der Waals surface area contributed by atoms with Crippen molar-refractivity contribution in [2.75, 3.05) is 0 Å². The van der Waals surface area contributed by atoms with Crippen LogP contribution in [0.25, 0.3) is 21.9 Å². The number of hydrogen-bond acceptors (Lipinski definition) is 4. The van der Waals surface area contributed by atoms with Crippen LogP contribution in [-0.2, 0) is 0 Å². The SMILES string of the molecule is OC1Oc2ccc(Cl)cc2C=C1c1nc2ccccc2s1. The molecule has 0 aliphatic carbocycles. The van der Waals surface area contributed by atoms with Crippen LogP contribution < -0.4 is 4.74 Å². The van der Waals surface area contributed by atoms with E-state index in [9.17, 15) is 5.11 Å². The van der Waals surface area contributed by atoms with E-state index < -0.39 is 6.29 Å². The van der Waals surface area contributed by atoms with Gasteiger partial charge in [0.2, 0.25) is 6.29 Å². The number of benzene rings is 2. The molecule has 1 N–H and O–H groups in total. The number of aromatic nitrogens is 1. The molecule has 0 radical (unpaired) electrons. The largest absolute Gasteiger partial charge is 0.460 e. The monoisotopic (exact) mass is 315 g/mol. The molecule has 104 valence electrons. The first kappa shape index (κ1) is 12.8. The van der Waals surface area contributed by atoms with Crippen molar-refractivity contribution >= 4 is 44.8 Å². The summed E-state index contributed by atoms with van der Waals surface area (Å²) >= 11 is 7.54. The van der Waals surface area contributed by atoms with E-state index in [0.29, 0.717) is 16.3 Å². The third kappa shape index (κ3) is 2.21. The molecule has 1 unspecified atom stereocenters. The number of thiazole rings is 1. The molecule has 1 atom stereocenters. The van der Waals surface area contributed by atoms with Gasteiger partial charge in [-0.25, -0.2) is 4.98 Å². The van der Waals surface area contributed by atoms with Gasteiger partial charge in [-0.15, -0.1) is 11.3 Å². The summed E-state index contributed by atoms with van der Waals surface area (Å²) in [6.45, 7) is 0. The predicted octanol–water partition coefficient (Wildman–Crippen LogP) is 4.20. The summed E-state index contributed by atoms with van der Waals surface area (Å²) in [4.78, 5) is 4.56. The summed E-state index contributed by atoms with van der Waals surface area (Å²) < 4.78 is 6.63. The van der Waals surface area contributed by atoms with Crippen LogP contribution in [0, 0.1) is 0 Å². The molecule has 0 amide bonds. The number of aliphatic hydroxyl groups is 1. The lowest BCUT2D eigenvalue weighted by atomic mass is 10.1. The van der Waals surface area contributed by atoms with Gasteiger partial charge >= 0.3 is 0 Å². The van der Waals surface area contributed by atoms with Gasteiger partial charge in [0.25, 0.3) is 0 Å². The summed E-state index contributed by atoms with van der Waals surface area (Å²) in [7, 11) is 0. The van der Waals surface area contributed by atoms with Crippen molar-refractivity contribution in [3.8, 4) is 5.75 Å². The normalized spacial score (nSPS) is 17.2. The quantitative estimate of drug-likeness (QED) is 0.731. The lowest BCUT2D eigenvalue weighted by Crippen LogP contribution is -2.20. The second-order valence-corrected chi connectivity index (χ2v) is 6.21. The molecule has 21 heavy (non-hydrogen) atoms. The average Bonchev–Trinajstić information content (AvgIpc) is 2.90. The smallest absolute Gasteiger partial charge is 0.227 e. The second-order valence-electron chi connectivity index (χ2n) is 4.74. The molecular weight excluding hydrogens is 306 g/mol. The lowest BCUT2D eigenvalue weighted by Gasteiger charge is -2.22. The topological polar surface area (TPSA) is 42.4 Å². The molecule has 1 aromatic heterocycles. The zero-order valence-electron chi connectivity index (χ0n) is 10.8. The lowest BCUT2D eigenvalue weighted by molar-refractivity contribution is 0.0320. The first-order valence-electron chi connectivity index (χ1n) is 6.42. The highest BCUT2D eigenvalue weighted by Gasteiger charge is 2.24. The number of rotatable bonds is 1. The van der Waals surface area contributed by atoms with Crippen LogP contribution in [0.4, 0.5) is 0 Å². The number of hydrogen-bond donors (Lipinski definition) is 1. The molecule has 3 aromatic rings. The first-order valence-corrected chi connectivity index (χ1v) is 7.62. The van der Waals surface area contributed by atoms with Crippen LogP contribution in [0.15, 0.2) is 42.5 Å². The van der Waals surface area contributed by atoms with Crippen molar-refractivity contribution in [2.45, 2.75) is 6.29 Å². The maximum absolute atomic E-state index is 10.2. The maximum Gasteiger partial charge on any atom is 0.227 e. The Morgan fingerprint density at radius 1 is 1.19 bits per heavy atom. The van der Waals surface area contributed by atoms with E-state index in [1.54, 1.807) is 12.1 Å². The zero-order valence-corrected chi connectivity index (χ0v) is 12.4. The number of aliphatic hydroxyl groups excluding tert-OH is 1. The highest BCUT2D eigenvalue weighted by Crippen LogP contribution is 2.37. The van der Waals surface area contributed by atoms with Crippen LogP contribution in [0.1, 0.15) is 10.6 Å². The Labute approximate surface area is 130 Å². The molecule has 1 aliphatic heterocycles. The summed E-state index contributed by atoms with van der Waals surface area (Å²) in [5.41, 5.74) is 2.43. The molecule has 0 saturated carbocycles. The van der Waals surface area contributed by atoms with Gasteiger partial charge in [0.15, 0.2) is 0 Å². The third-order valence-corrected chi connectivity index (χ3v) is 4.65. The minimum Gasteiger partial charge on any atom is -0.460 e. The van der Waals surface area contributed by atoms with Crippen molar-refractivity contribution in [1.29, 1.82) is 0 Å². The molecule has 1 aliphatic rings. The zero-order chi connectivity index (χ0) is 14.4. The Morgan fingerprint density at radius 2 is 2.05 bits per heavy atom. The first-order chi connectivity index (χ1) is 10.2. The van der Waals surface area contributed by atoms with Gasteiger partial charge in [0, 0.05) is 10.6 Å². The molecule has 3 nitrogen and oxygen atoms in total. The van der Waals surface area contributed by atoms with E-state index in [2.05, 4.69) is 4.98 Å². The van der Waals surface area contributed by atoms with Crippen molar-refractivity contribution < 1.29 is 9.84 Å². The van der Waals surface area contributed by atoms with E-state index in [-0.39, 0.29) is 0 Å². The summed E-state index contributed by atoms with van der Waals surface area (Å²) in [5.74, 6) is 0.622. The number of halogens is 1. The fourth-order valence-corrected chi connectivity index (χ4v) is 3.50. The Morgan fingerprint density at radius 3 is 2.90 bits per heavy atom. The maximum atomic E-state index is 10.2. The van der Waals surface area contributed by atoms with E-state index in [0.717, 1.165) is 20.8 Å². The van der Waals surface area contributed by atoms with E-state index in [4.69, 9.17) is 16.3 Å². The summed E-state index contributed by atoms with van der Waals surface area (Å²) in [6.07, 6.45) is 0.867. The molecule has 4 rings (SSSR count). The van der Waals surface area contributed by atoms with Gasteiger partial charge in [-0.2, -0.15) is 0 Å². The summed E-state index contributed by atoms with van der Waals surface area (Å²) in [5, 5.41) is 11.6. The van der Waals surface area contributed by atoms with Crippen LogP contribution >= 0.6 is 22.9 Å². The Hall–Kier alpha value is -1.88. The van der Waals surface area contributed by atoms with Crippen LogP contribution in [0.3, 0.4) is 0 Å². The molecule has 2 heterocycles. The molecular formula is C16H10ClNO2S. The Balaban J connectivity index is 1.86. The van der Waals surface area contributed by atoms with Crippen LogP contribution in [0.2, 0.25) is 5.02 Å². The Kier molecular flexibility index (Phi) is 2.96. The highest BCUT2D eigenvalue weighted by molar-refractivity contribution is 7.19. The standard InChI is InChI=1S/C16H10ClNO2S/c17-10-5-6-13-9(7-10)8-11(16(19)20-13)15-18-12-3-1-2-4-14(12)21-15/h1-8,16,19H. The molecule has 5 heteroatoms. The van der Waals surface area contributed by atoms with E-state index >= 15 is 0 Å². The number of fused-ring (bicyclic) bond motifs is 2. The predicted molar refractivity (Wildman–Crippen MR) is 85.6 cm³/mol. The fraction of sp³-hybridized carbons (Fsp3) is 0.0625. The molecule has 0 spiro atoms. The van der Waals surface area contributed by atoms with Crippen molar-refractivity contribution in [2.24, 2.45) is 0 Å². The molecule has 0 bridgehead atoms. The number of ether oxygens (including phenoxy) is 1. The Bertz CT molecular complexity index is 839. The van der Waals surface area contributed by atoms with Crippen molar-refractivity contribution in [3.63, 3.8) is 0 Å². The van der Waals surface area contributed by atoms with E-state index in [1.165, 1.54) is 11.3 Å². The van der Waals surface area contributed by atoms with Gasteiger partial charge in [0.1, 0.15) is 10.8 Å². The molecule has 0 fully saturated rings. The minimum absolute atomic E-state index is 0.622. The molecule has 2 aromatic carbocycles. The van der Waals surface area contributed by atoms with Crippen molar-refractivity contribution in [3.05, 3.63) is 58.1 Å². The second kappa shape index (κ2) is 4.84.